The fourth-order valence-electron chi connectivity index (χ4n) is 4.03. The lowest BCUT2D eigenvalue weighted by atomic mass is 10.1. The molecule has 0 radical (unpaired) electrons. The molecule has 1 unspecified atom stereocenters. The summed E-state index contributed by atoms with van der Waals surface area (Å²) in [5.41, 5.74) is 5.87. The number of nitrogens with two attached hydrogens (primary N) is 1. The Labute approximate surface area is 236 Å². The van der Waals surface area contributed by atoms with Crippen molar-refractivity contribution >= 4 is 31.3 Å². The molecule has 1 aromatic heterocycles. The van der Waals surface area contributed by atoms with Crippen molar-refractivity contribution in [3.05, 3.63) is 89.0 Å². The molecule has 214 valence electrons. The van der Waals surface area contributed by atoms with Crippen molar-refractivity contribution in [3.63, 3.8) is 0 Å². The van der Waals surface area contributed by atoms with Crippen LogP contribution in [0.3, 0.4) is 0 Å². The van der Waals surface area contributed by atoms with Gasteiger partial charge < -0.3 is 20.1 Å². The Morgan fingerprint density at radius 2 is 1.85 bits per heavy atom. The van der Waals surface area contributed by atoms with Crippen LogP contribution in [0.4, 0.5) is 5.82 Å². The number of nitrogen functional groups attached to an aromatic ring is 1. The lowest BCUT2D eigenvalue weighted by Crippen LogP contribution is -2.42. The highest BCUT2D eigenvalue weighted by Crippen LogP contribution is 2.48. The maximum Gasteiger partial charge on any atom is 0.459 e. The highest BCUT2D eigenvalue weighted by atomic mass is 32.2. The zero-order valence-electron chi connectivity index (χ0n) is 22.2. The van der Waals surface area contributed by atoms with E-state index in [0.29, 0.717) is 0 Å². The zero-order chi connectivity index (χ0) is 28.7. The van der Waals surface area contributed by atoms with Crippen LogP contribution in [0.25, 0.3) is 0 Å². The summed E-state index contributed by atoms with van der Waals surface area (Å²) in [6.07, 6.45) is 0.917. The minimum absolute atomic E-state index is 0.0565. The smallest absolute Gasteiger partial charge is 0.459 e. The second-order valence-corrected chi connectivity index (χ2v) is 12.7. The van der Waals surface area contributed by atoms with Crippen LogP contribution in [0.1, 0.15) is 31.2 Å². The van der Waals surface area contributed by atoms with Crippen molar-refractivity contribution in [2.45, 2.75) is 49.6 Å². The molecular formula is C27H33N4O7PS. The number of nitrogens with zero attached hydrogens (tertiary/aromatic N) is 2. The first-order valence-corrected chi connectivity index (χ1v) is 15.3. The van der Waals surface area contributed by atoms with E-state index in [2.05, 4.69) is 10.1 Å². The topological polar surface area (TPSA) is 155 Å². The molecule has 13 heteroatoms. The van der Waals surface area contributed by atoms with Crippen LogP contribution in [-0.2, 0) is 25.2 Å². The summed E-state index contributed by atoms with van der Waals surface area (Å²) in [6.45, 7) is 3.45. The molecule has 0 bridgehead atoms. The summed E-state index contributed by atoms with van der Waals surface area (Å²) in [5, 5.41) is 12.5. The lowest BCUT2D eigenvalue weighted by molar-refractivity contribution is -0.148. The molecule has 1 fully saturated rings. The Balaban J connectivity index is 1.47. The van der Waals surface area contributed by atoms with Gasteiger partial charge in [0, 0.05) is 12.6 Å². The first-order chi connectivity index (χ1) is 19.1. The van der Waals surface area contributed by atoms with E-state index in [-0.39, 0.29) is 37.1 Å². The molecule has 5 atom stereocenters. The van der Waals surface area contributed by atoms with Crippen molar-refractivity contribution < 1.29 is 28.3 Å². The van der Waals surface area contributed by atoms with Gasteiger partial charge in [-0.25, -0.2) is 9.36 Å². The molecule has 1 aliphatic heterocycles. The number of hydrogen-bond donors (Lipinski definition) is 3. The van der Waals surface area contributed by atoms with Gasteiger partial charge in [-0.1, -0.05) is 62.4 Å². The number of benzene rings is 2. The summed E-state index contributed by atoms with van der Waals surface area (Å²) in [7, 11) is -4.16. The molecule has 1 saturated heterocycles. The third-order valence-electron chi connectivity index (χ3n) is 6.19. The van der Waals surface area contributed by atoms with Crippen LogP contribution in [0.15, 0.2) is 77.7 Å². The van der Waals surface area contributed by atoms with E-state index in [1.54, 1.807) is 44.2 Å². The summed E-state index contributed by atoms with van der Waals surface area (Å²) >= 11 is 1.29. The molecule has 11 nitrogen and oxygen atoms in total. The Hall–Kier alpha value is -3.15. The van der Waals surface area contributed by atoms with Crippen molar-refractivity contribution in [2.24, 2.45) is 5.92 Å². The molecule has 3 aromatic rings. The number of aliphatic hydroxyl groups excluding tert-OH is 1. The Morgan fingerprint density at radius 1 is 1.18 bits per heavy atom. The number of carbonyl (C=O) groups is 1. The van der Waals surface area contributed by atoms with Crippen molar-refractivity contribution in [1.29, 1.82) is 0 Å². The van der Waals surface area contributed by atoms with Crippen molar-refractivity contribution in [3.8, 4) is 5.75 Å². The van der Waals surface area contributed by atoms with Gasteiger partial charge in [0.05, 0.1) is 23.3 Å². The van der Waals surface area contributed by atoms with Crippen LogP contribution >= 0.6 is 19.5 Å². The molecule has 0 amide bonds. The minimum atomic E-state index is -4.16. The number of aliphatic hydroxyl groups is 1. The van der Waals surface area contributed by atoms with Gasteiger partial charge in [0.15, 0.2) is 0 Å². The summed E-state index contributed by atoms with van der Waals surface area (Å²) in [5.74, 6) is -0.544. The second kappa shape index (κ2) is 13.5. The third-order valence-corrected chi connectivity index (χ3v) is 9.25. The number of aromatic nitrogens is 2. The first kappa shape index (κ1) is 29.8. The molecule has 1 aliphatic rings. The molecule has 40 heavy (non-hydrogen) atoms. The fraction of sp³-hybridized carbons (Fsp3) is 0.370. The van der Waals surface area contributed by atoms with Crippen molar-refractivity contribution in [2.75, 3.05) is 12.3 Å². The van der Waals surface area contributed by atoms with Gasteiger partial charge in [-0.2, -0.15) is 10.1 Å². The molecule has 0 spiro atoms. The van der Waals surface area contributed by atoms with Crippen LogP contribution in [0, 0.1) is 5.92 Å². The number of carbonyl (C=O) groups excluding carboxylic acids is 1. The molecule has 0 aliphatic carbocycles. The van der Waals surface area contributed by atoms with Crippen molar-refractivity contribution in [1.82, 2.24) is 14.6 Å². The van der Waals surface area contributed by atoms with Crippen LogP contribution < -0.4 is 21.0 Å². The number of rotatable bonds is 12. The van der Waals surface area contributed by atoms with Crippen LogP contribution in [0.2, 0.25) is 0 Å². The van der Waals surface area contributed by atoms with E-state index in [1.807, 2.05) is 30.3 Å². The number of anilines is 1. The summed E-state index contributed by atoms with van der Waals surface area (Å²) in [4.78, 5) is 29.1. The van der Waals surface area contributed by atoms with Gasteiger partial charge in [-0.05, 0) is 29.7 Å². The van der Waals surface area contributed by atoms with Gasteiger partial charge in [-0.3, -0.25) is 13.9 Å². The van der Waals surface area contributed by atoms with E-state index in [4.69, 9.17) is 19.5 Å². The lowest BCUT2D eigenvalue weighted by Gasteiger charge is -2.27. The maximum absolute atomic E-state index is 14.0. The Kier molecular flexibility index (Phi) is 10.0. The third kappa shape index (κ3) is 7.96. The summed E-state index contributed by atoms with van der Waals surface area (Å²) in [6, 6.07) is 18.2. The standard InChI is InChI=1S/C27H33N4O7PS/c1-18(2)25(26(33)36-16-19-9-5-3-6-10-19)30-39(35,38-20-11-7-4-8-12-20)37-17-22-21(32)15-24(40-22)31-14-13-23(28)29-27(31)34/h3-14,18,21-22,24-25,32H,15-17H2,1-2H3,(H,30,35)(H2,28,29,34)/t21-,22-,24-,25+,39?/m1/s1. The Bertz CT molecular complexity index is 1380. The second-order valence-electron chi connectivity index (χ2n) is 9.62. The largest absolute Gasteiger partial charge is 0.460 e. The predicted molar refractivity (Wildman–Crippen MR) is 153 cm³/mol. The van der Waals surface area contributed by atoms with Gasteiger partial charge in [-0.15, -0.1) is 11.8 Å². The van der Waals surface area contributed by atoms with Gasteiger partial charge in [0.25, 0.3) is 0 Å². The number of thioether (sulfide) groups is 1. The molecule has 0 saturated carbocycles. The maximum atomic E-state index is 14.0. The monoisotopic (exact) mass is 588 g/mol. The van der Waals surface area contributed by atoms with Crippen LogP contribution in [0.5, 0.6) is 5.75 Å². The normalized spacial score (nSPS) is 21.1. The number of esters is 1. The number of ether oxygens (including phenoxy) is 1. The molecule has 2 aromatic carbocycles. The van der Waals surface area contributed by atoms with Gasteiger partial charge in [0.1, 0.15) is 24.2 Å². The highest BCUT2D eigenvalue weighted by molar-refractivity contribution is 8.00. The number of para-hydroxylation sites is 1. The SMILES string of the molecule is CC(C)[C@H](NP(=O)(OC[C@H]1S[C@@H](n2ccc(N)nc2=O)C[C@H]1O)Oc1ccccc1)C(=O)OCc1ccccc1. The summed E-state index contributed by atoms with van der Waals surface area (Å²) < 4.78 is 32.5. The number of hydrogen-bond acceptors (Lipinski definition) is 10. The fourth-order valence-corrected chi connectivity index (χ4v) is 7.25. The van der Waals surface area contributed by atoms with Crippen LogP contribution in [-0.4, -0.2) is 44.6 Å². The predicted octanol–water partition coefficient (Wildman–Crippen LogP) is 3.75. The first-order valence-electron chi connectivity index (χ1n) is 12.8. The Morgan fingerprint density at radius 3 is 2.50 bits per heavy atom. The minimum Gasteiger partial charge on any atom is -0.460 e. The number of nitrogens with one attached hydrogen (secondary N) is 1. The quantitative estimate of drug-likeness (QED) is 0.209. The van der Waals surface area contributed by atoms with E-state index in [9.17, 15) is 19.3 Å². The molecule has 2 heterocycles. The average molecular weight is 589 g/mol. The molecule has 4 rings (SSSR count). The van der Waals surface area contributed by atoms with Gasteiger partial charge in [0.2, 0.25) is 0 Å². The highest BCUT2D eigenvalue weighted by Gasteiger charge is 2.40. The zero-order valence-corrected chi connectivity index (χ0v) is 23.9. The van der Waals surface area contributed by atoms with Gasteiger partial charge >= 0.3 is 19.4 Å². The van der Waals surface area contributed by atoms with E-state index in [0.717, 1.165) is 5.56 Å². The van der Waals surface area contributed by atoms with E-state index >= 15 is 0 Å². The van der Waals surface area contributed by atoms with E-state index < -0.39 is 42.2 Å². The average Bonchev–Trinajstić information content (AvgIpc) is 3.30. The molecule has 4 N–H and O–H groups in total. The molecular weight excluding hydrogens is 555 g/mol. The van der Waals surface area contributed by atoms with E-state index in [1.165, 1.54) is 28.6 Å².